The van der Waals surface area contributed by atoms with Gasteiger partial charge in [0.15, 0.2) is 5.16 Å². The van der Waals surface area contributed by atoms with Crippen LogP contribution in [-0.2, 0) is 7.05 Å². The van der Waals surface area contributed by atoms with Crippen LogP contribution in [0.4, 0.5) is 0 Å². The molecule has 0 amide bonds. The molecule has 6 nitrogen and oxygen atoms in total. The minimum Gasteiger partial charge on any atom is -0.493 e. The largest absolute Gasteiger partial charge is 0.493 e. The lowest BCUT2D eigenvalue weighted by Gasteiger charge is -2.08. The second-order valence-corrected chi connectivity index (χ2v) is 6.57. The van der Waals surface area contributed by atoms with Crippen molar-refractivity contribution in [2.24, 2.45) is 7.05 Å². The molecular weight excluding hydrogens is 336 g/mol. The highest BCUT2D eigenvalue weighted by Crippen LogP contribution is 2.21. The van der Waals surface area contributed by atoms with E-state index in [1.54, 1.807) is 18.8 Å². The first kappa shape index (κ1) is 15.7. The van der Waals surface area contributed by atoms with Crippen LogP contribution in [0.1, 0.15) is 0 Å². The van der Waals surface area contributed by atoms with Gasteiger partial charge in [-0.15, -0.1) is 10.2 Å². The Morgan fingerprint density at radius 3 is 2.64 bits per heavy atom. The summed E-state index contributed by atoms with van der Waals surface area (Å²) in [6, 6.07) is 17.2. The molecule has 2 heterocycles. The van der Waals surface area contributed by atoms with Gasteiger partial charge in [-0.3, -0.25) is 13.8 Å². The molecule has 0 unspecified atom stereocenters. The maximum atomic E-state index is 12.4. The number of nitrogens with zero attached hydrogens (tertiary/aromatic N) is 4. The molecule has 0 aliphatic rings. The van der Waals surface area contributed by atoms with Crippen LogP contribution in [0, 0.1) is 0 Å². The van der Waals surface area contributed by atoms with Gasteiger partial charge in [0.05, 0.1) is 17.5 Å². The Morgan fingerprint density at radius 2 is 1.80 bits per heavy atom. The first-order chi connectivity index (χ1) is 12.3. The summed E-state index contributed by atoms with van der Waals surface area (Å²) in [6.45, 7) is 0.563. The summed E-state index contributed by atoms with van der Waals surface area (Å²) in [7, 11) is 1.71. The average Bonchev–Trinajstić information content (AvgIpc) is 3.08. The zero-order chi connectivity index (χ0) is 17.2. The number of benzene rings is 2. The predicted molar refractivity (Wildman–Crippen MR) is 98.4 cm³/mol. The van der Waals surface area contributed by atoms with Crippen LogP contribution < -0.4 is 10.3 Å². The van der Waals surface area contributed by atoms with Crippen molar-refractivity contribution in [3.8, 4) is 5.75 Å². The Hall–Kier alpha value is -2.80. The molecular formula is C18H16N4O2S. The zero-order valence-electron chi connectivity index (χ0n) is 13.6. The fourth-order valence-electron chi connectivity index (χ4n) is 2.71. The number of aryl methyl sites for hydroxylation is 1. The monoisotopic (exact) mass is 352 g/mol. The molecule has 0 saturated heterocycles. The fourth-order valence-corrected chi connectivity index (χ4v) is 3.47. The highest BCUT2D eigenvalue weighted by Gasteiger charge is 2.14. The van der Waals surface area contributed by atoms with Crippen LogP contribution >= 0.6 is 11.8 Å². The summed E-state index contributed by atoms with van der Waals surface area (Å²) in [4.78, 5) is 12.4. The van der Waals surface area contributed by atoms with E-state index >= 15 is 0 Å². The Morgan fingerprint density at radius 1 is 1.04 bits per heavy atom. The number of thioether (sulfide) groups is 1. The van der Waals surface area contributed by atoms with E-state index in [0.29, 0.717) is 17.8 Å². The molecule has 0 fully saturated rings. The fraction of sp³-hybridized carbons (Fsp3) is 0.167. The van der Waals surface area contributed by atoms with Gasteiger partial charge in [-0.1, -0.05) is 42.1 Å². The Balaban J connectivity index is 1.61. The van der Waals surface area contributed by atoms with Gasteiger partial charge in [-0.25, -0.2) is 0 Å². The van der Waals surface area contributed by atoms with Crippen molar-refractivity contribution in [3.63, 3.8) is 0 Å². The maximum absolute atomic E-state index is 12.4. The molecule has 0 spiro atoms. The summed E-state index contributed by atoms with van der Waals surface area (Å²) >= 11 is 1.55. The molecule has 0 N–H and O–H groups in total. The minimum absolute atomic E-state index is 0.0699. The number of aromatic nitrogens is 4. The van der Waals surface area contributed by atoms with Gasteiger partial charge < -0.3 is 4.74 Å². The Bertz CT molecular complexity index is 1090. The summed E-state index contributed by atoms with van der Waals surface area (Å²) in [6.07, 6.45) is 0. The van der Waals surface area contributed by atoms with Crippen molar-refractivity contribution >= 4 is 28.4 Å². The van der Waals surface area contributed by atoms with Crippen molar-refractivity contribution in [3.05, 3.63) is 65.0 Å². The number of rotatable bonds is 5. The second-order valence-electron chi connectivity index (χ2n) is 5.51. The standard InChI is InChI=1S/C18H16N4O2S/c1-21-16(23)14-9-5-6-10-15(14)22-17(21)19-20-18(22)25-12-11-24-13-7-3-2-4-8-13/h2-10H,11-12H2,1H3. The number of hydrogen-bond donors (Lipinski definition) is 0. The van der Waals surface area contributed by atoms with Gasteiger partial charge in [0, 0.05) is 12.8 Å². The first-order valence-corrected chi connectivity index (χ1v) is 8.88. The van der Waals surface area contributed by atoms with Gasteiger partial charge in [-0.05, 0) is 24.3 Å². The van der Waals surface area contributed by atoms with Crippen molar-refractivity contribution in [1.29, 1.82) is 0 Å². The molecule has 4 rings (SSSR count). The predicted octanol–water partition coefficient (Wildman–Crippen LogP) is 2.75. The van der Waals surface area contributed by atoms with Gasteiger partial charge in [0.1, 0.15) is 5.75 Å². The molecule has 4 aromatic rings. The third-order valence-electron chi connectivity index (χ3n) is 3.92. The van der Waals surface area contributed by atoms with E-state index in [1.807, 2.05) is 59.0 Å². The van der Waals surface area contributed by atoms with Gasteiger partial charge in [0.25, 0.3) is 5.56 Å². The molecule has 0 aliphatic heterocycles. The number of fused-ring (bicyclic) bond motifs is 3. The lowest BCUT2D eigenvalue weighted by molar-refractivity contribution is 0.344. The van der Waals surface area contributed by atoms with Gasteiger partial charge >= 0.3 is 0 Å². The molecule has 25 heavy (non-hydrogen) atoms. The van der Waals surface area contributed by atoms with E-state index in [4.69, 9.17) is 4.74 Å². The maximum Gasteiger partial charge on any atom is 0.262 e. The van der Waals surface area contributed by atoms with Crippen LogP contribution in [0.3, 0.4) is 0 Å². The normalized spacial score (nSPS) is 11.2. The molecule has 7 heteroatoms. The van der Waals surface area contributed by atoms with E-state index in [-0.39, 0.29) is 5.56 Å². The third-order valence-corrected chi connectivity index (χ3v) is 4.82. The molecule has 0 aliphatic carbocycles. The molecule has 0 bridgehead atoms. The first-order valence-electron chi connectivity index (χ1n) is 7.89. The van der Waals surface area contributed by atoms with Crippen molar-refractivity contribution in [2.45, 2.75) is 5.16 Å². The summed E-state index contributed by atoms with van der Waals surface area (Å²) < 4.78 is 9.16. The topological polar surface area (TPSA) is 61.4 Å². The molecule has 0 radical (unpaired) electrons. The number of ether oxygens (including phenoxy) is 1. The van der Waals surface area contributed by atoms with Crippen molar-refractivity contribution < 1.29 is 4.74 Å². The smallest absolute Gasteiger partial charge is 0.262 e. The molecule has 0 saturated carbocycles. The lowest BCUT2D eigenvalue weighted by atomic mass is 10.2. The van der Waals surface area contributed by atoms with Crippen LogP contribution in [0.2, 0.25) is 0 Å². The summed E-state index contributed by atoms with van der Waals surface area (Å²) in [5, 5.41) is 9.83. The summed E-state index contributed by atoms with van der Waals surface area (Å²) in [5.41, 5.74) is 0.747. The van der Waals surface area contributed by atoms with E-state index in [0.717, 1.165) is 22.2 Å². The lowest BCUT2D eigenvalue weighted by Crippen LogP contribution is -2.20. The Labute approximate surface area is 148 Å². The number of hydrogen-bond acceptors (Lipinski definition) is 5. The van der Waals surface area contributed by atoms with E-state index in [2.05, 4.69) is 10.2 Å². The second kappa shape index (κ2) is 6.60. The van der Waals surface area contributed by atoms with Crippen molar-refractivity contribution in [1.82, 2.24) is 19.2 Å². The minimum atomic E-state index is -0.0699. The highest BCUT2D eigenvalue weighted by atomic mass is 32.2. The van der Waals surface area contributed by atoms with Crippen molar-refractivity contribution in [2.75, 3.05) is 12.4 Å². The molecule has 2 aromatic heterocycles. The third kappa shape index (κ3) is 2.87. The zero-order valence-corrected chi connectivity index (χ0v) is 14.4. The van der Waals surface area contributed by atoms with E-state index in [1.165, 1.54) is 4.57 Å². The van der Waals surface area contributed by atoms with Crippen LogP contribution in [0.25, 0.3) is 16.7 Å². The number of para-hydroxylation sites is 2. The van der Waals surface area contributed by atoms with Crippen LogP contribution in [0.5, 0.6) is 5.75 Å². The van der Waals surface area contributed by atoms with E-state index < -0.39 is 0 Å². The summed E-state index contributed by atoms with van der Waals surface area (Å²) in [5.74, 6) is 2.12. The van der Waals surface area contributed by atoms with Crippen LogP contribution in [-0.4, -0.2) is 31.5 Å². The average molecular weight is 352 g/mol. The SMILES string of the molecule is Cn1c(=O)c2ccccc2n2c(SCCOc3ccccc3)nnc12. The molecule has 126 valence electrons. The Kier molecular flexibility index (Phi) is 4.15. The van der Waals surface area contributed by atoms with Gasteiger partial charge in [-0.2, -0.15) is 0 Å². The van der Waals surface area contributed by atoms with Gasteiger partial charge in [0.2, 0.25) is 5.78 Å². The van der Waals surface area contributed by atoms with E-state index in [9.17, 15) is 4.79 Å². The molecule has 0 atom stereocenters. The van der Waals surface area contributed by atoms with Crippen LogP contribution in [0.15, 0.2) is 64.5 Å². The highest BCUT2D eigenvalue weighted by molar-refractivity contribution is 7.99. The molecule has 2 aromatic carbocycles. The quantitative estimate of drug-likeness (QED) is 0.408.